The minimum atomic E-state index is 0. The summed E-state index contributed by atoms with van der Waals surface area (Å²) in [4.78, 5) is 18.2. The molecule has 10 rings (SSSR count). The van der Waals surface area contributed by atoms with Crippen molar-refractivity contribution in [3.05, 3.63) is 254 Å². The van der Waals surface area contributed by atoms with Gasteiger partial charge in [0.25, 0.3) is 0 Å². The fourth-order valence-electron chi connectivity index (χ4n) is 10.6. The first kappa shape index (κ1) is 52.2. The van der Waals surface area contributed by atoms with Gasteiger partial charge in [-0.05, 0) is 122 Å². The van der Waals surface area contributed by atoms with Crippen molar-refractivity contribution in [1.82, 2.24) is 28.7 Å². The van der Waals surface area contributed by atoms with Crippen molar-refractivity contribution in [3.63, 3.8) is 0 Å². The standard InChI is InChI=1S/C66H54N9.Ir/c1-43-11-8-12-44(2)61(43)73-32-29-70-64(73)55-26-23-52(58(38-55)41-67)20-17-49-35-50(18-21-53-24-27-56(39-59(53)42-68)65-71-30-33-74(65)62-45(3)13-9-14-46(62)4)37-51(36-49)19-22-54-25-28-57(40-60(54)69-7)66-72-31-34-75(66)63-47(5)15-10-16-48(63)6;/h8-16,23-25,29-40H,17-22H2,1-6H3;/q-3;+3. The molecule has 0 saturated carbocycles. The largest absolute Gasteiger partial charge is 3.00 e. The van der Waals surface area contributed by atoms with Crippen LogP contribution in [-0.4, -0.2) is 28.7 Å². The number of hydrogen-bond donors (Lipinski definition) is 0. The predicted octanol–water partition coefficient (Wildman–Crippen LogP) is 14.1. The Morgan fingerprint density at radius 2 is 0.776 bits per heavy atom. The van der Waals surface area contributed by atoms with Gasteiger partial charge in [-0.25, -0.2) is 0 Å². The number of benzene rings is 7. The minimum Gasteiger partial charge on any atom is -0.340 e. The van der Waals surface area contributed by atoms with Crippen LogP contribution in [0.3, 0.4) is 0 Å². The Morgan fingerprint density at radius 1 is 0.461 bits per heavy atom. The minimum absolute atomic E-state index is 0. The molecule has 7 aromatic carbocycles. The van der Waals surface area contributed by atoms with Crippen molar-refractivity contribution in [2.45, 2.75) is 80.1 Å². The Morgan fingerprint density at radius 3 is 1.11 bits per heavy atom. The molecule has 0 amide bonds. The van der Waals surface area contributed by atoms with Gasteiger partial charge in [0.15, 0.2) is 0 Å². The van der Waals surface area contributed by atoms with E-state index < -0.39 is 0 Å². The summed E-state index contributed by atoms with van der Waals surface area (Å²) in [7, 11) is 0. The zero-order valence-corrected chi connectivity index (χ0v) is 45.9. The molecular formula is C66H54IrN9. The van der Waals surface area contributed by atoms with Crippen LogP contribution in [0.25, 0.3) is 56.1 Å². The Labute approximate surface area is 459 Å². The predicted molar refractivity (Wildman–Crippen MR) is 296 cm³/mol. The number of para-hydroxylation sites is 3. The van der Waals surface area contributed by atoms with Crippen molar-refractivity contribution in [1.29, 1.82) is 10.5 Å². The third kappa shape index (κ3) is 10.6. The molecule has 0 aliphatic carbocycles. The van der Waals surface area contributed by atoms with E-state index in [0.29, 0.717) is 55.3 Å². The van der Waals surface area contributed by atoms with E-state index in [1.54, 1.807) is 18.6 Å². The second kappa shape index (κ2) is 22.8. The molecule has 76 heavy (non-hydrogen) atoms. The Kier molecular flexibility index (Phi) is 15.7. The van der Waals surface area contributed by atoms with E-state index >= 15 is 0 Å². The maximum absolute atomic E-state index is 10.5. The van der Waals surface area contributed by atoms with E-state index in [4.69, 9.17) is 21.5 Å². The average molecular weight is 1170 g/mol. The zero-order chi connectivity index (χ0) is 52.2. The van der Waals surface area contributed by atoms with Gasteiger partial charge in [0.05, 0.1) is 36.2 Å². The first-order chi connectivity index (χ1) is 36.5. The summed E-state index contributed by atoms with van der Waals surface area (Å²) in [5.74, 6) is 2.22. The molecule has 0 atom stereocenters. The van der Waals surface area contributed by atoms with Crippen LogP contribution < -0.4 is 0 Å². The van der Waals surface area contributed by atoms with E-state index in [9.17, 15) is 10.5 Å². The first-order valence-corrected chi connectivity index (χ1v) is 25.3. The third-order valence-electron chi connectivity index (χ3n) is 14.3. The molecule has 0 aliphatic heterocycles. The SMILES string of the molecule is [C-]#[N+]c1cc(-c2nccn2-c2c(C)cccc2C)[c-]cc1CCc1cc(CCc2c[c-]c(-c3nccn3-c3c(C)cccc3C)cc2C#N)cc(CCc2c[c-]c(-c3nccn3-c3c(C)cccc3C)cc2C#N)c1.[Ir+3]. The molecule has 0 saturated heterocycles. The van der Waals surface area contributed by atoms with Crippen LogP contribution in [0.4, 0.5) is 5.69 Å². The van der Waals surface area contributed by atoms with E-state index in [2.05, 4.69) is 163 Å². The number of rotatable bonds is 15. The normalized spacial score (nSPS) is 10.9. The summed E-state index contributed by atoms with van der Waals surface area (Å²) >= 11 is 0. The summed E-state index contributed by atoms with van der Waals surface area (Å²) in [5, 5.41) is 21.0. The van der Waals surface area contributed by atoms with E-state index in [-0.39, 0.29) is 20.1 Å². The molecule has 0 spiro atoms. The monoisotopic (exact) mass is 1170 g/mol. The molecule has 9 nitrogen and oxygen atoms in total. The van der Waals surface area contributed by atoms with Crippen LogP contribution in [0.1, 0.15) is 77.9 Å². The summed E-state index contributed by atoms with van der Waals surface area (Å²) in [6, 6.07) is 52.5. The average Bonchev–Trinajstić information content (AvgIpc) is 4.22. The van der Waals surface area contributed by atoms with Gasteiger partial charge in [0.2, 0.25) is 0 Å². The van der Waals surface area contributed by atoms with Gasteiger partial charge in [-0.1, -0.05) is 92.1 Å². The van der Waals surface area contributed by atoms with E-state index in [1.807, 2.05) is 55.0 Å². The van der Waals surface area contributed by atoms with Crippen molar-refractivity contribution in [3.8, 4) is 63.4 Å². The number of hydrogen-bond acceptors (Lipinski definition) is 5. The van der Waals surface area contributed by atoms with Gasteiger partial charge in [0, 0.05) is 54.2 Å². The Hall–Kier alpha value is -8.71. The molecule has 0 fully saturated rings. The number of aromatic nitrogens is 6. The van der Waals surface area contributed by atoms with Gasteiger partial charge in [-0.3, -0.25) is 19.8 Å². The van der Waals surface area contributed by atoms with Crippen LogP contribution in [0, 0.1) is 89.0 Å². The zero-order valence-electron chi connectivity index (χ0n) is 43.5. The number of imidazole rings is 3. The van der Waals surface area contributed by atoms with Gasteiger partial charge >= 0.3 is 20.1 Å². The van der Waals surface area contributed by atoms with Crippen molar-refractivity contribution < 1.29 is 20.1 Å². The van der Waals surface area contributed by atoms with E-state index in [1.165, 1.54) is 0 Å². The van der Waals surface area contributed by atoms with Gasteiger partial charge < -0.3 is 13.7 Å². The number of nitrogens with zero attached hydrogens (tertiary/aromatic N) is 9. The van der Waals surface area contributed by atoms with Gasteiger partial charge in [-0.15, -0.1) is 81.9 Å². The van der Waals surface area contributed by atoms with Crippen LogP contribution in [0.15, 0.2) is 146 Å². The fourth-order valence-corrected chi connectivity index (χ4v) is 10.6. The Balaban J connectivity index is 0.00000706. The third-order valence-corrected chi connectivity index (χ3v) is 14.3. The van der Waals surface area contributed by atoms with Crippen molar-refractivity contribution in [2.75, 3.05) is 0 Å². The molecule has 0 N–H and O–H groups in total. The molecule has 10 heteroatoms. The molecular weight excluding hydrogens is 1110 g/mol. The quantitative estimate of drug-likeness (QED) is 0.0951. The van der Waals surface area contributed by atoms with Crippen LogP contribution in [0.5, 0.6) is 0 Å². The van der Waals surface area contributed by atoms with Crippen molar-refractivity contribution in [2.24, 2.45) is 0 Å². The summed E-state index contributed by atoms with van der Waals surface area (Å²) in [6.45, 7) is 20.8. The molecule has 0 aliphatic rings. The molecule has 0 bridgehead atoms. The molecule has 0 radical (unpaired) electrons. The number of nitriles is 2. The maximum Gasteiger partial charge on any atom is 3.00 e. The summed E-state index contributed by atoms with van der Waals surface area (Å²) in [6.07, 6.45) is 15.3. The maximum atomic E-state index is 10.5. The molecule has 3 aromatic heterocycles. The van der Waals surface area contributed by atoms with Crippen LogP contribution in [0.2, 0.25) is 0 Å². The molecule has 3 heterocycles. The molecule has 0 unspecified atom stereocenters. The second-order valence-corrected chi connectivity index (χ2v) is 19.4. The van der Waals surface area contributed by atoms with Gasteiger partial charge in [-0.2, -0.15) is 16.6 Å². The van der Waals surface area contributed by atoms with E-state index in [0.717, 1.165) is 118 Å². The summed E-state index contributed by atoms with van der Waals surface area (Å²) < 4.78 is 6.24. The van der Waals surface area contributed by atoms with Crippen molar-refractivity contribution >= 4 is 5.69 Å². The van der Waals surface area contributed by atoms with Crippen LogP contribution >= 0.6 is 0 Å². The second-order valence-electron chi connectivity index (χ2n) is 19.4. The summed E-state index contributed by atoms with van der Waals surface area (Å²) in [5.41, 5.74) is 20.3. The molecule has 372 valence electrons. The fraction of sp³-hybridized carbons (Fsp3) is 0.182. The number of aryl methyl sites for hydroxylation is 12. The van der Waals surface area contributed by atoms with Crippen LogP contribution in [-0.2, 0) is 58.6 Å². The first-order valence-electron chi connectivity index (χ1n) is 25.3. The Bertz CT molecular complexity index is 3450. The topological polar surface area (TPSA) is 105 Å². The smallest absolute Gasteiger partial charge is 0.340 e. The molecule has 10 aromatic rings. The van der Waals surface area contributed by atoms with Gasteiger partial charge in [0.1, 0.15) is 5.69 Å².